The van der Waals surface area contributed by atoms with Gasteiger partial charge in [0.25, 0.3) is 0 Å². The molecule has 0 heterocycles. The van der Waals surface area contributed by atoms with E-state index in [1.54, 1.807) is 0 Å². The van der Waals surface area contributed by atoms with E-state index < -0.39 is 12.1 Å². The molecule has 0 aliphatic rings. The van der Waals surface area contributed by atoms with Gasteiger partial charge in [0.05, 0.1) is 0 Å². The van der Waals surface area contributed by atoms with Crippen LogP contribution in [0.4, 0.5) is 0 Å². The summed E-state index contributed by atoms with van der Waals surface area (Å²) in [4.78, 5) is 38.0. The Morgan fingerprint density at radius 2 is 0.647 bits per heavy atom. The highest BCUT2D eigenvalue weighted by atomic mass is 16.6. The first-order valence-electron chi connectivity index (χ1n) is 26.9. The van der Waals surface area contributed by atoms with E-state index in [4.69, 9.17) is 14.2 Å². The average molecular weight is 937 g/mol. The van der Waals surface area contributed by atoms with Gasteiger partial charge in [0.15, 0.2) is 6.10 Å². The van der Waals surface area contributed by atoms with Gasteiger partial charge < -0.3 is 14.2 Å². The second-order valence-electron chi connectivity index (χ2n) is 17.2. The second-order valence-corrected chi connectivity index (χ2v) is 17.2. The molecule has 68 heavy (non-hydrogen) atoms. The standard InChI is InChI=1S/C62H96O6/c1-4-7-10-13-16-19-22-25-28-31-34-37-40-43-46-49-52-55-61(64)67-58-59(57-66-60(63)54-51-48-45-42-39-36-33-30-27-24-21-18-15-12-9-6-3)68-62(65)56-53-50-47-44-41-38-35-32-29-26-23-20-17-14-11-8-5-2/h7,10,13,16-17,19-20,22,25-26,28-31,33-40,44,47,59H,4-6,8-9,11-12,14-15,18,21,23-24,27,32,41-43,45-46,48-58H2,1-3H3/b10-7-,16-13-,20-17-,22-19-,28-25-,29-26-,33-30-,34-31+,38-35-,39-36-,40-37-,47-44-. The third-order valence-corrected chi connectivity index (χ3v) is 10.7. The van der Waals surface area contributed by atoms with Crippen molar-refractivity contribution in [3.05, 3.63) is 146 Å². The molecule has 380 valence electrons. The molecule has 0 aliphatic heterocycles. The molecular weight excluding hydrogens is 841 g/mol. The quantitative estimate of drug-likeness (QED) is 0.0199. The van der Waals surface area contributed by atoms with Gasteiger partial charge in [-0.3, -0.25) is 14.4 Å². The van der Waals surface area contributed by atoms with Gasteiger partial charge in [0, 0.05) is 19.3 Å². The highest BCUT2D eigenvalue weighted by molar-refractivity contribution is 5.71. The van der Waals surface area contributed by atoms with E-state index in [9.17, 15) is 14.4 Å². The van der Waals surface area contributed by atoms with Crippen LogP contribution in [0.5, 0.6) is 0 Å². The van der Waals surface area contributed by atoms with Gasteiger partial charge >= 0.3 is 17.9 Å². The summed E-state index contributed by atoms with van der Waals surface area (Å²) in [6.07, 6.45) is 78.3. The number of rotatable bonds is 46. The number of hydrogen-bond acceptors (Lipinski definition) is 6. The lowest BCUT2D eigenvalue weighted by atomic mass is 10.1. The molecule has 0 radical (unpaired) electrons. The van der Waals surface area contributed by atoms with E-state index in [1.165, 1.54) is 70.6 Å². The summed E-state index contributed by atoms with van der Waals surface area (Å²) >= 11 is 0. The lowest BCUT2D eigenvalue weighted by Gasteiger charge is -2.18. The Morgan fingerprint density at radius 1 is 0.324 bits per heavy atom. The zero-order chi connectivity index (χ0) is 49.3. The predicted octanol–water partition coefficient (Wildman–Crippen LogP) is 18.0. The van der Waals surface area contributed by atoms with Crippen molar-refractivity contribution in [1.82, 2.24) is 0 Å². The van der Waals surface area contributed by atoms with Gasteiger partial charge in [0.1, 0.15) is 13.2 Å². The van der Waals surface area contributed by atoms with Crippen molar-refractivity contribution in [2.24, 2.45) is 0 Å². The van der Waals surface area contributed by atoms with Gasteiger partial charge in [-0.1, -0.05) is 231 Å². The van der Waals surface area contributed by atoms with Crippen molar-refractivity contribution in [2.45, 2.75) is 213 Å². The normalized spacial score (nSPS) is 13.3. The fourth-order valence-electron chi connectivity index (χ4n) is 6.69. The van der Waals surface area contributed by atoms with Crippen molar-refractivity contribution < 1.29 is 28.6 Å². The summed E-state index contributed by atoms with van der Waals surface area (Å²) in [5, 5.41) is 0. The van der Waals surface area contributed by atoms with Crippen LogP contribution in [-0.4, -0.2) is 37.2 Å². The van der Waals surface area contributed by atoms with Crippen LogP contribution in [-0.2, 0) is 28.6 Å². The van der Waals surface area contributed by atoms with Crippen molar-refractivity contribution >= 4 is 17.9 Å². The SMILES string of the molecule is CC\C=C/C=C\C=C/C=C\C=C\C=C/CCCCCC(=O)OCC(COC(=O)CCCCC/C=C\C=C/CCCCCCCCC)OC(=O)CCC/C=C\C/C=C\C/C=C\C/C=C\CCCCC. The Hall–Kier alpha value is -4.71. The molecule has 1 atom stereocenters. The largest absolute Gasteiger partial charge is 0.462 e. The summed E-state index contributed by atoms with van der Waals surface area (Å²) in [5.74, 6) is -1.07. The summed E-state index contributed by atoms with van der Waals surface area (Å²) < 4.78 is 16.7. The average Bonchev–Trinajstić information content (AvgIpc) is 3.34. The summed E-state index contributed by atoms with van der Waals surface area (Å²) in [6.45, 7) is 6.33. The van der Waals surface area contributed by atoms with Crippen molar-refractivity contribution in [1.29, 1.82) is 0 Å². The maximum Gasteiger partial charge on any atom is 0.306 e. The first kappa shape index (κ1) is 63.3. The minimum absolute atomic E-state index is 0.134. The molecule has 0 aliphatic carbocycles. The van der Waals surface area contributed by atoms with Crippen LogP contribution in [0.15, 0.2) is 146 Å². The minimum Gasteiger partial charge on any atom is -0.462 e. The van der Waals surface area contributed by atoms with Crippen molar-refractivity contribution in [3.63, 3.8) is 0 Å². The highest BCUT2D eigenvalue weighted by Gasteiger charge is 2.19. The zero-order valence-corrected chi connectivity index (χ0v) is 43.3. The minimum atomic E-state index is -0.843. The molecule has 1 unspecified atom stereocenters. The molecule has 0 bridgehead atoms. The first-order valence-corrected chi connectivity index (χ1v) is 26.9. The second kappa shape index (κ2) is 54.9. The number of ether oxygens (including phenoxy) is 3. The fourth-order valence-corrected chi connectivity index (χ4v) is 6.69. The smallest absolute Gasteiger partial charge is 0.306 e. The molecular formula is C62H96O6. The molecule has 0 aromatic heterocycles. The van der Waals surface area contributed by atoms with Crippen molar-refractivity contribution in [2.75, 3.05) is 13.2 Å². The molecule has 0 N–H and O–H groups in total. The number of carbonyl (C=O) groups is 3. The highest BCUT2D eigenvalue weighted by Crippen LogP contribution is 2.11. The van der Waals surface area contributed by atoms with Crippen LogP contribution >= 0.6 is 0 Å². The van der Waals surface area contributed by atoms with Gasteiger partial charge in [0.2, 0.25) is 0 Å². The van der Waals surface area contributed by atoms with Crippen LogP contribution in [0, 0.1) is 0 Å². The maximum atomic E-state index is 12.8. The Kier molecular flexibility index (Phi) is 51.1. The summed E-state index contributed by atoms with van der Waals surface area (Å²) in [6, 6.07) is 0. The van der Waals surface area contributed by atoms with Crippen LogP contribution in [0.25, 0.3) is 0 Å². The van der Waals surface area contributed by atoms with E-state index >= 15 is 0 Å². The topological polar surface area (TPSA) is 78.9 Å². The Bertz CT molecular complexity index is 1540. The van der Waals surface area contributed by atoms with Crippen LogP contribution < -0.4 is 0 Å². The summed E-state index contributed by atoms with van der Waals surface area (Å²) in [7, 11) is 0. The van der Waals surface area contributed by atoms with Crippen LogP contribution in [0.1, 0.15) is 207 Å². The summed E-state index contributed by atoms with van der Waals surface area (Å²) in [5.41, 5.74) is 0. The van der Waals surface area contributed by atoms with Crippen LogP contribution in [0.3, 0.4) is 0 Å². The lowest BCUT2D eigenvalue weighted by Crippen LogP contribution is -2.30. The monoisotopic (exact) mass is 937 g/mol. The zero-order valence-electron chi connectivity index (χ0n) is 43.3. The number of esters is 3. The first-order chi connectivity index (χ1) is 33.5. The number of carbonyl (C=O) groups excluding carboxylic acids is 3. The molecule has 0 amide bonds. The fraction of sp³-hybridized carbons (Fsp3) is 0.565. The van der Waals surface area contributed by atoms with Gasteiger partial charge in [-0.15, -0.1) is 0 Å². The molecule has 0 spiro atoms. The van der Waals surface area contributed by atoms with Gasteiger partial charge in [-0.25, -0.2) is 0 Å². The molecule has 0 rings (SSSR count). The number of unbranched alkanes of at least 4 members (excludes halogenated alkanes) is 17. The van der Waals surface area contributed by atoms with E-state index in [-0.39, 0.29) is 38.0 Å². The predicted molar refractivity (Wildman–Crippen MR) is 292 cm³/mol. The Balaban J connectivity index is 4.65. The van der Waals surface area contributed by atoms with E-state index in [2.05, 4.69) is 106 Å². The molecule has 0 saturated heterocycles. The van der Waals surface area contributed by atoms with E-state index in [0.717, 1.165) is 83.5 Å². The maximum absolute atomic E-state index is 12.8. The molecule has 0 aromatic rings. The Labute approximate surface area is 417 Å². The molecule has 0 saturated carbocycles. The van der Waals surface area contributed by atoms with Crippen LogP contribution in [0.2, 0.25) is 0 Å². The molecule has 0 aromatic carbocycles. The molecule has 6 nitrogen and oxygen atoms in total. The number of hydrogen-bond donors (Lipinski definition) is 0. The van der Waals surface area contributed by atoms with Gasteiger partial charge in [-0.05, 0) is 103 Å². The van der Waals surface area contributed by atoms with E-state index in [1.807, 2.05) is 60.8 Å². The molecule has 6 heteroatoms. The Morgan fingerprint density at radius 3 is 1.12 bits per heavy atom. The lowest BCUT2D eigenvalue weighted by molar-refractivity contribution is -0.167. The van der Waals surface area contributed by atoms with Crippen molar-refractivity contribution in [3.8, 4) is 0 Å². The third kappa shape index (κ3) is 52.3. The van der Waals surface area contributed by atoms with E-state index in [0.29, 0.717) is 19.3 Å². The van der Waals surface area contributed by atoms with Gasteiger partial charge in [-0.2, -0.15) is 0 Å². The third-order valence-electron chi connectivity index (χ3n) is 10.7. The number of allylic oxidation sites excluding steroid dienone is 24. The molecule has 0 fully saturated rings.